The number of carbonyl (C=O) groups excluding carboxylic acids is 2. The quantitative estimate of drug-likeness (QED) is 0.290. The lowest BCUT2D eigenvalue weighted by Gasteiger charge is -2.55. The number of amides is 1. The van der Waals surface area contributed by atoms with Crippen molar-refractivity contribution >= 4 is 11.7 Å². The van der Waals surface area contributed by atoms with Gasteiger partial charge in [-0.2, -0.15) is 0 Å². The van der Waals surface area contributed by atoms with Gasteiger partial charge in [-0.1, -0.05) is 0 Å². The molecule has 8 heteroatoms. The molecule has 0 aromatic carbocycles. The van der Waals surface area contributed by atoms with Crippen molar-refractivity contribution in [3.05, 3.63) is 0 Å². The van der Waals surface area contributed by atoms with Crippen molar-refractivity contribution in [2.24, 2.45) is 23.2 Å². The molecule has 3 atom stereocenters. The van der Waals surface area contributed by atoms with Gasteiger partial charge in [-0.25, -0.2) is 5.43 Å². The van der Waals surface area contributed by atoms with E-state index >= 15 is 0 Å². The predicted octanol–water partition coefficient (Wildman–Crippen LogP) is -1.53. The van der Waals surface area contributed by atoms with Crippen molar-refractivity contribution in [2.45, 2.75) is 56.8 Å². The number of ketones is 1. The Labute approximate surface area is 146 Å². The van der Waals surface area contributed by atoms with Gasteiger partial charge in [0.25, 0.3) is 0 Å². The van der Waals surface area contributed by atoms with E-state index in [0.29, 0.717) is 17.8 Å². The zero-order valence-electron chi connectivity index (χ0n) is 14.2. The van der Waals surface area contributed by atoms with Crippen molar-refractivity contribution in [1.82, 2.24) is 10.9 Å². The number of rotatable bonds is 8. The highest BCUT2D eigenvalue weighted by Crippen LogP contribution is 2.59. The Bertz CT molecular complexity index is 490. The first kappa shape index (κ1) is 18.7. The molecule has 0 aliphatic heterocycles. The fourth-order valence-electron chi connectivity index (χ4n) is 5.35. The monoisotopic (exact) mass is 356 g/mol. The van der Waals surface area contributed by atoms with Crippen molar-refractivity contribution in [3.63, 3.8) is 0 Å². The van der Waals surface area contributed by atoms with E-state index in [-0.39, 0.29) is 17.9 Å². The van der Waals surface area contributed by atoms with Gasteiger partial charge in [0, 0.05) is 0 Å². The smallest absolute Gasteiger partial charge is 0.240 e. The summed E-state index contributed by atoms with van der Waals surface area (Å²) in [5.41, 5.74) is 4.79. The Morgan fingerprint density at radius 1 is 1.00 bits per heavy atom. The summed E-state index contributed by atoms with van der Waals surface area (Å²) in [6, 6.07) is 0. The van der Waals surface area contributed by atoms with Gasteiger partial charge >= 0.3 is 0 Å². The summed E-state index contributed by atoms with van der Waals surface area (Å²) in [5, 5.41) is 37.2. The third kappa shape index (κ3) is 3.73. The van der Waals surface area contributed by atoms with Crippen LogP contribution in [0.15, 0.2) is 0 Å². The highest BCUT2D eigenvalue weighted by molar-refractivity contribution is 5.86. The van der Waals surface area contributed by atoms with Crippen LogP contribution in [0.25, 0.3) is 0 Å². The van der Waals surface area contributed by atoms with Crippen molar-refractivity contribution in [2.75, 3.05) is 13.2 Å². The maximum Gasteiger partial charge on any atom is 0.240 e. The lowest BCUT2D eigenvalue weighted by molar-refractivity contribution is -0.148. The van der Waals surface area contributed by atoms with Crippen LogP contribution in [0, 0.1) is 23.2 Å². The molecule has 4 aliphatic carbocycles. The summed E-state index contributed by atoms with van der Waals surface area (Å²) in [6.07, 6.45) is 1.23. The average molecular weight is 356 g/mol. The molecule has 142 valence electrons. The summed E-state index contributed by atoms with van der Waals surface area (Å²) < 4.78 is 0. The molecule has 4 fully saturated rings. The molecule has 4 bridgehead atoms. The number of aliphatic hydroxyl groups excluding tert-OH is 4. The molecule has 0 radical (unpaired) electrons. The van der Waals surface area contributed by atoms with Gasteiger partial charge in [0.15, 0.2) is 5.78 Å². The van der Waals surface area contributed by atoms with Crippen LogP contribution in [0.4, 0.5) is 0 Å². The predicted molar refractivity (Wildman–Crippen MR) is 86.9 cm³/mol. The molecule has 4 saturated carbocycles. The van der Waals surface area contributed by atoms with Gasteiger partial charge in [0.2, 0.25) is 5.91 Å². The summed E-state index contributed by atoms with van der Waals surface area (Å²) in [7, 11) is 0. The largest absolute Gasteiger partial charge is 0.394 e. The van der Waals surface area contributed by atoms with Crippen molar-refractivity contribution in [3.8, 4) is 0 Å². The molecular formula is C17H28N2O6. The van der Waals surface area contributed by atoms with Gasteiger partial charge < -0.3 is 20.4 Å². The minimum atomic E-state index is -1.83. The molecule has 1 amide bonds. The highest BCUT2D eigenvalue weighted by Gasteiger charge is 2.54. The van der Waals surface area contributed by atoms with Crippen LogP contribution in [0.5, 0.6) is 0 Å². The van der Waals surface area contributed by atoms with Crippen LogP contribution in [0.1, 0.15) is 38.5 Å². The SMILES string of the molecule is O=C(CNNC(=O)C12CC3CC(CC(C3)C1)C2)[C@H](O)[C@@H](O)[C@@H](O)CO. The number of hydrogen-bond acceptors (Lipinski definition) is 7. The van der Waals surface area contributed by atoms with Crippen LogP contribution in [0.2, 0.25) is 0 Å². The lowest BCUT2D eigenvalue weighted by atomic mass is 9.49. The minimum absolute atomic E-state index is 0.0927. The molecular weight excluding hydrogens is 328 g/mol. The van der Waals surface area contributed by atoms with E-state index in [9.17, 15) is 24.9 Å². The number of carbonyl (C=O) groups is 2. The Kier molecular flexibility index (Phi) is 5.45. The molecule has 25 heavy (non-hydrogen) atoms. The van der Waals surface area contributed by atoms with Crippen LogP contribution in [-0.2, 0) is 9.59 Å². The zero-order valence-corrected chi connectivity index (χ0v) is 14.2. The molecule has 6 N–H and O–H groups in total. The first-order valence-corrected chi connectivity index (χ1v) is 9.05. The third-order valence-corrected chi connectivity index (χ3v) is 6.22. The Balaban J connectivity index is 1.47. The second kappa shape index (κ2) is 7.28. The second-order valence-electron chi connectivity index (χ2n) is 8.16. The first-order valence-electron chi connectivity index (χ1n) is 9.05. The normalized spacial score (nSPS) is 36.7. The molecule has 8 nitrogen and oxygen atoms in total. The fraction of sp³-hybridized carbons (Fsp3) is 0.882. The summed E-state index contributed by atoms with van der Waals surface area (Å²) in [5.74, 6) is 1.04. The van der Waals surface area contributed by atoms with Crippen LogP contribution >= 0.6 is 0 Å². The van der Waals surface area contributed by atoms with E-state index in [0.717, 1.165) is 19.3 Å². The van der Waals surface area contributed by atoms with E-state index in [1.54, 1.807) is 0 Å². The Morgan fingerprint density at radius 3 is 2.00 bits per heavy atom. The van der Waals surface area contributed by atoms with E-state index in [2.05, 4.69) is 10.9 Å². The molecule has 0 heterocycles. The summed E-state index contributed by atoms with van der Waals surface area (Å²) >= 11 is 0. The summed E-state index contributed by atoms with van der Waals surface area (Å²) in [4.78, 5) is 24.5. The van der Waals surface area contributed by atoms with Gasteiger partial charge in [-0.3, -0.25) is 15.0 Å². The molecule has 0 aromatic rings. The number of hydrazine groups is 1. The minimum Gasteiger partial charge on any atom is -0.394 e. The van der Waals surface area contributed by atoms with Crippen molar-refractivity contribution < 1.29 is 30.0 Å². The zero-order chi connectivity index (χ0) is 18.2. The number of aliphatic hydroxyl groups is 4. The topological polar surface area (TPSA) is 139 Å². The van der Waals surface area contributed by atoms with E-state index < -0.39 is 30.7 Å². The maximum atomic E-state index is 12.7. The molecule has 0 aromatic heterocycles. The molecule has 0 unspecified atom stereocenters. The molecule has 4 rings (SSSR count). The van der Waals surface area contributed by atoms with E-state index in [4.69, 9.17) is 5.11 Å². The van der Waals surface area contributed by atoms with E-state index in [1.807, 2.05) is 0 Å². The Morgan fingerprint density at radius 2 is 1.52 bits per heavy atom. The van der Waals surface area contributed by atoms with Crippen molar-refractivity contribution in [1.29, 1.82) is 0 Å². The third-order valence-electron chi connectivity index (χ3n) is 6.22. The van der Waals surface area contributed by atoms with Gasteiger partial charge in [-0.05, 0) is 56.3 Å². The van der Waals surface area contributed by atoms with Crippen LogP contribution < -0.4 is 10.9 Å². The van der Waals surface area contributed by atoms with Gasteiger partial charge in [0.05, 0.1) is 18.6 Å². The van der Waals surface area contributed by atoms with Gasteiger partial charge in [0.1, 0.15) is 18.3 Å². The second-order valence-corrected chi connectivity index (χ2v) is 8.16. The number of Topliss-reactive ketones (excluding diaryl/α,β-unsaturated/α-hetero) is 1. The molecule has 0 spiro atoms. The molecule has 0 saturated heterocycles. The standard InChI is InChI=1S/C17H28N2O6/c20-8-13(22)15(24)14(23)12(21)7-18-19-16(25)17-4-9-1-10(5-17)3-11(2-9)6-17/h9-11,13-15,18,20,22-24H,1-8H2,(H,19,25)/t9?,10?,11?,13-,14-,15-,17?/m0/s1. The Hall–Kier alpha value is -1.06. The average Bonchev–Trinajstić information content (AvgIpc) is 2.58. The lowest BCUT2D eigenvalue weighted by Crippen LogP contribution is -2.57. The van der Waals surface area contributed by atoms with Crippen LogP contribution in [0.3, 0.4) is 0 Å². The summed E-state index contributed by atoms with van der Waals surface area (Å²) in [6.45, 7) is -1.13. The van der Waals surface area contributed by atoms with Crippen LogP contribution in [-0.4, -0.2) is 63.6 Å². The van der Waals surface area contributed by atoms with E-state index in [1.165, 1.54) is 19.3 Å². The van der Waals surface area contributed by atoms with Gasteiger partial charge in [-0.15, -0.1) is 0 Å². The first-order chi connectivity index (χ1) is 11.8. The fourth-order valence-corrected chi connectivity index (χ4v) is 5.35. The maximum absolute atomic E-state index is 12.7. The molecule has 4 aliphatic rings. The number of hydrogen-bond donors (Lipinski definition) is 6. The number of nitrogens with one attached hydrogen (secondary N) is 2. The highest BCUT2D eigenvalue weighted by atomic mass is 16.4.